The van der Waals surface area contributed by atoms with E-state index < -0.39 is 0 Å². The Hall–Kier alpha value is -5.29. The molecule has 1 aliphatic carbocycles. The molecule has 14 heterocycles. The maximum atomic E-state index is 10.2. The molecule has 9 aromatic rings. The van der Waals surface area contributed by atoms with Crippen LogP contribution in [0.15, 0.2) is 262 Å². The summed E-state index contributed by atoms with van der Waals surface area (Å²) in [6.45, 7) is 120. The minimum Gasteiger partial charge on any atom is -1.00 e. The molecule has 5 aliphatic heterocycles. The third-order valence-electron chi connectivity index (χ3n) is 8.30. The van der Waals surface area contributed by atoms with Gasteiger partial charge in [-0.15, -0.1) is 35.3 Å². The van der Waals surface area contributed by atoms with E-state index in [1.807, 2.05) is 482 Å². The van der Waals surface area contributed by atoms with Crippen LogP contribution in [0.3, 0.4) is 0 Å². The Morgan fingerprint density at radius 1 is 0.333 bits per heavy atom. The van der Waals surface area contributed by atoms with Crippen LogP contribution in [0.1, 0.15) is 502 Å². The molecule has 0 amide bonds. The number of epoxide rings is 1. The fourth-order valence-electron chi connectivity index (χ4n) is 4.37. The average molecular weight is 2330 g/mol. The Morgan fingerprint density at radius 3 is 0.776 bits per heavy atom. The van der Waals surface area contributed by atoms with Gasteiger partial charge in [-0.1, -0.05) is 497 Å². The summed E-state index contributed by atoms with van der Waals surface area (Å²) >= 11 is 6.13. The molecule has 147 heavy (non-hydrogen) atoms. The number of nitrogens with zero attached hydrogens (tertiary/aromatic N) is 10. The number of hydrogen-bond donors (Lipinski definition) is 1. The minimum atomic E-state index is -0.0220. The van der Waals surface area contributed by atoms with Crippen LogP contribution in [0, 0.1) is 0 Å². The van der Waals surface area contributed by atoms with Gasteiger partial charge in [-0.05, 0) is 123 Å². The van der Waals surface area contributed by atoms with Crippen molar-refractivity contribution in [2.45, 2.75) is 510 Å². The van der Waals surface area contributed by atoms with Gasteiger partial charge in [-0.3, -0.25) is 29.5 Å². The second-order valence-corrected chi connectivity index (χ2v) is 17.4. The third-order valence-corrected chi connectivity index (χ3v) is 10.4. The molecule has 9 aromatic heterocycles. The van der Waals surface area contributed by atoms with Crippen molar-refractivity contribution >= 4 is 90.6 Å². The molecular weight excluding hydrogens is 2050 g/mol. The fraction of sp³-hybridized carbons (Fsp3) is 0.655. The van der Waals surface area contributed by atoms with Crippen LogP contribution in [-0.2, 0) is 14.2 Å². The summed E-state index contributed by atoms with van der Waals surface area (Å²) in [6.07, 6.45) is 50.7. The number of thiophene rings is 1. The van der Waals surface area contributed by atoms with Gasteiger partial charge in [0.1, 0.15) is 18.1 Å². The van der Waals surface area contributed by atoms with Crippen molar-refractivity contribution in [3.05, 3.63) is 240 Å². The van der Waals surface area contributed by atoms with E-state index in [1.165, 1.54) is 105 Å². The summed E-state index contributed by atoms with van der Waals surface area (Å²) in [5, 5.41) is 14.5. The Bertz CT molecular complexity index is 2130. The van der Waals surface area contributed by atoms with Gasteiger partial charge in [-0.25, -0.2) is 14.3 Å². The first-order valence-corrected chi connectivity index (χ1v) is 56.4. The molecule has 15 rings (SSSR count). The smallest absolute Gasteiger partial charge is 1.00 e. The van der Waals surface area contributed by atoms with Crippen molar-refractivity contribution in [1.82, 2.24) is 45.1 Å². The van der Waals surface area contributed by atoms with E-state index in [0.717, 1.165) is 45.7 Å². The van der Waals surface area contributed by atoms with E-state index in [1.54, 1.807) is 95.7 Å². The minimum absolute atomic E-state index is 0. The number of thiazole rings is 1. The van der Waals surface area contributed by atoms with E-state index >= 15 is 0 Å². The summed E-state index contributed by atoms with van der Waals surface area (Å²) in [4.78, 5) is 32.4. The molecule has 3 fully saturated rings. The maximum absolute atomic E-state index is 10.2. The van der Waals surface area contributed by atoms with Gasteiger partial charge in [-0.2, -0.15) is 15.7 Å². The van der Waals surface area contributed by atoms with Gasteiger partial charge in [0.15, 0.2) is 11.8 Å². The summed E-state index contributed by atoms with van der Waals surface area (Å²) in [5.74, 6) is 0. The number of aliphatic imine (C=N–C) groups is 2. The summed E-state index contributed by atoms with van der Waals surface area (Å²) in [7, 11) is 0. The maximum Gasteiger partial charge on any atom is 1.00 e. The van der Waals surface area contributed by atoms with Crippen molar-refractivity contribution in [2.75, 3.05) is 26.4 Å². The van der Waals surface area contributed by atoms with Crippen molar-refractivity contribution in [2.24, 2.45) is 9.98 Å². The summed E-state index contributed by atoms with van der Waals surface area (Å²) in [5.41, 5.74) is 3.45. The van der Waals surface area contributed by atoms with E-state index in [9.17, 15) is 4.79 Å². The van der Waals surface area contributed by atoms with Crippen LogP contribution in [0.5, 0.6) is 0 Å². The van der Waals surface area contributed by atoms with Crippen LogP contribution in [0.25, 0.3) is 0 Å². The predicted octanol–water partition coefficient (Wildman–Crippen LogP) is 44.4. The molecule has 0 aromatic carbocycles. The Kier molecular flexibility index (Phi) is 861. The van der Waals surface area contributed by atoms with Gasteiger partial charge in [0.05, 0.1) is 49.0 Å². The average Bonchev–Trinajstić information content (AvgIpc) is 1.76. The van der Waals surface area contributed by atoms with Crippen LogP contribution in [0.2, 0.25) is 0 Å². The van der Waals surface area contributed by atoms with Crippen LogP contribution >= 0.6 is 69.7 Å². The van der Waals surface area contributed by atoms with Gasteiger partial charge in [0.2, 0.25) is 6.39 Å². The van der Waals surface area contributed by atoms with Crippen molar-refractivity contribution in [3.8, 4) is 0 Å². The first-order valence-electron chi connectivity index (χ1n) is 52.9. The molecule has 20 nitrogen and oxygen atoms in total. The molecule has 0 spiro atoms. The number of aromatic nitrogens is 8. The zero-order chi connectivity index (χ0) is 112. The van der Waals surface area contributed by atoms with E-state index in [4.69, 9.17) is 14.2 Å². The van der Waals surface area contributed by atoms with Gasteiger partial charge >= 0.3 is 51.4 Å². The normalized spacial score (nSPS) is 9.05. The Balaban J connectivity index is -0.0000000192. The Morgan fingerprint density at radius 2 is 0.680 bits per heavy atom. The second kappa shape index (κ2) is 467. The molecule has 28 heteroatoms. The van der Waals surface area contributed by atoms with E-state index in [2.05, 4.69) is 105 Å². The molecule has 2 unspecified atom stereocenters. The van der Waals surface area contributed by atoms with Crippen LogP contribution in [0.4, 0.5) is 4.70 Å². The molecule has 0 saturated carbocycles. The van der Waals surface area contributed by atoms with Crippen molar-refractivity contribution in [1.29, 1.82) is 0 Å². The van der Waals surface area contributed by atoms with Gasteiger partial charge in [0, 0.05) is 123 Å². The molecule has 2 atom stereocenters. The molecule has 3 radical (unpaired) electrons. The monoisotopic (exact) mass is 2330 g/mol. The molecule has 6 aliphatic rings. The predicted molar refractivity (Wildman–Crippen MR) is 715 cm³/mol. The second-order valence-electron chi connectivity index (χ2n) is 14.5. The summed E-state index contributed by atoms with van der Waals surface area (Å²) in [6, 6.07) is 19.8. The zero-order valence-electron chi connectivity index (χ0n) is 105. The number of furan rings is 1. The molecule has 0 bridgehead atoms. The zero-order valence-corrected chi connectivity index (χ0v) is 113. The standard InChI is InChI=1S/C5H5N.C5H4O2.C5H10O.C5H6.2C4H5N.2C4H8O.C4H4O.C4H4S.C3H3NO.2C3H3NS.C2H2N2O.C2H2N2S.28C2H6.6CH4.B.FH.HI.K.H3N.H2O.2H2.H/c1-2-4-6-5-3-1;6-5-1-3-7-4-2-5;1-2-4-6-5-3-1;3*1-2-4-5-3-1;1-3-4(2)5-3;4*1-2-4-5-3-1;1-2-5-3-4-1;1-2-4-5-3-1;2*1-3-2-5-4-1;28*1-2;;;;;;;;;;;;;;;/h1-5H;1-4H;1-5H2;1-4H,5H2;2*1,3-4H,2H2;3-4H,1-2H3;1-4H2;2*1-4H;3*1-3H;2*1-2H;28*1-2H3;6*1H4;;2*1H;;1H3;1H2;2*1H;/q;;;;;;;;;;;;;;;;;;;;;;;;;;;;;;;;;;;;;;;;;;;;;;;;;;;;+1;;;;;-1/i;;;;;;;;;;;;;;;;;;;;;;;;;;;;;;;;;;;;;;;;;;;;;;;;;;;;;;;1+1;;. The molecule has 5 N–H and O–H groups in total. The van der Waals surface area contributed by atoms with Crippen LogP contribution < -0.4 is 63.0 Å². The first kappa shape index (κ1) is 271. The first-order chi connectivity index (χ1) is 67.2. The van der Waals surface area contributed by atoms with Crippen LogP contribution in [-0.4, -0.2) is 104 Å². The number of halogens is 2. The largest absolute Gasteiger partial charge is 1.00 e. The number of pyridine rings is 1. The summed E-state index contributed by atoms with van der Waals surface area (Å²) < 4.78 is 40.0. The number of hydrogen-bond acceptors (Lipinski definition) is 23. The molecular formula is C119H276BFIKN11O9S4. The van der Waals surface area contributed by atoms with Gasteiger partial charge in [0.25, 0.3) is 0 Å². The van der Waals surface area contributed by atoms with E-state index in [-0.39, 0.29) is 154 Å². The quantitative estimate of drug-likeness (QED) is 0.0838. The Labute approximate surface area is 1010 Å². The molecule has 903 valence electrons. The number of ether oxygens (including phenoxy) is 3. The molecule has 3 saturated heterocycles. The van der Waals surface area contributed by atoms with E-state index in [0.29, 0.717) is 12.2 Å². The third kappa shape index (κ3) is 472. The number of allylic oxidation sites excluding steroid dienone is 6. The van der Waals surface area contributed by atoms with Crippen molar-refractivity contribution in [3.63, 3.8) is 0 Å². The van der Waals surface area contributed by atoms with Crippen molar-refractivity contribution < 1.29 is 97.9 Å². The topological polar surface area (TPSA) is 295 Å². The number of rotatable bonds is 0. The van der Waals surface area contributed by atoms with Gasteiger partial charge < -0.3 is 45.1 Å². The fourth-order valence-corrected chi connectivity index (χ4v) is 5.80. The SMILES string of the molecule is C.C.C.C.C.C.C1=CCC=C1.C1=CN=CC1.C1=CN=CC1.C1CCOC1.C1CCOCC1.CC.CC.CC.CC.CC.CC.CC.CC.CC.CC.CC.CC.CC.CC.CC.CC.CC.CC.CC.CC.CC.CC.CC.CC.CC.CC.CC.CC.CC1OC1C.F.I.N.O.O=c1ccocc1.[2HH].[B].[H-].[HH].[K+].c1ccncc1.c1ccoc1.c1ccsc1.c1cnoc1.c1cnsc1.c1cscn1.c1ncon1.c1ncsn1.